The predicted molar refractivity (Wildman–Crippen MR) is 28.2 cm³/mol. The molecule has 3 nitrogen and oxygen atoms in total. The Kier molecular flexibility index (Phi) is 2.28. The SMILES string of the molecule is N.OB(O)C1CC1. The van der Waals surface area contributed by atoms with Crippen LogP contribution in [0.25, 0.3) is 0 Å². The molecule has 5 N–H and O–H groups in total. The monoisotopic (exact) mass is 103 g/mol. The quantitative estimate of drug-likeness (QED) is 0.401. The van der Waals surface area contributed by atoms with Gasteiger partial charge in [-0.2, -0.15) is 0 Å². The fraction of sp³-hybridized carbons (Fsp3) is 1.00. The van der Waals surface area contributed by atoms with E-state index in [1.165, 1.54) is 0 Å². The van der Waals surface area contributed by atoms with Crippen LogP contribution in [0.4, 0.5) is 0 Å². The van der Waals surface area contributed by atoms with Crippen molar-refractivity contribution in [1.82, 2.24) is 6.15 Å². The van der Waals surface area contributed by atoms with E-state index in [1.807, 2.05) is 0 Å². The zero-order chi connectivity index (χ0) is 4.57. The van der Waals surface area contributed by atoms with Crippen molar-refractivity contribution in [2.24, 2.45) is 0 Å². The van der Waals surface area contributed by atoms with Gasteiger partial charge in [0.25, 0.3) is 0 Å². The summed E-state index contributed by atoms with van der Waals surface area (Å²) in [5, 5.41) is 16.5. The maximum atomic E-state index is 8.25. The zero-order valence-corrected chi connectivity index (χ0v) is 4.17. The molecule has 1 saturated carbocycles. The van der Waals surface area contributed by atoms with Crippen LogP contribution in [0.15, 0.2) is 0 Å². The number of hydrogen-bond acceptors (Lipinski definition) is 3. The van der Waals surface area contributed by atoms with Crippen molar-refractivity contribution in [3.05, 3.63) is 0 Å². The second-order valence-electron chi connectivity index (χ2n) is 1.75. The van der Waals surface area contributed by atoms with Gasteiger partial charge in [-0.25, -0.2) is 0 Å². The topological polar surface area (TPSA) is 75.5 Å². The Hall–Kier alpha value is -0.0551. The van der Waals surface area contributed by atoms with Crippen LogP contribution in [-0.2, 0) is 0 Å². The second kappa shape index (κ2) is 2.30. The fourth-order valence-corrected chi connectivity index (χ4v) is 0.394. The van der Waals surface area contributed by atoms with Gasteiger partial charge in [-0.3, -0.25) is 0 Å². The molecule has 42 valence electrons. The Morgan fingerprint density at radius 2 is 1.71 bits per heavy atom. The van der Waals surface area contributed by atoms with Crippen molar-refractivity contribution in [2.45, 2.75) is 18.7 Å². The average molecular weight is 103 g/mol. The molecule has 0 aliphatic heterocycles. The molecule has 0 radical (unpaired) electrons. The molecule has 0 amide bonds. The summed E-state index contributed by atoms with van der Waals surface area (Å²) in [6, 6.07) is 0. The van der Waals surface area contributed by atoms with Crippen LogP contribution in [0.3, 0.4) is 0 Å². The highest BCUT2D eigenvalue weighted by molar-refractivity contribution is 6.44. The van der Waals surface area contributed by atoms with E-state index in [1.54, 1.807) is 0 Å². The third kappa shape index (κ3) is 1.92. The molecular formula is C3H10BNO2. The van der Waals surface area contributed by atoms with Crippen LogP contribution in [0.5, 0.6) is 0 Å². The minimum absolute atomic E-state index is 0. The molecular weight excluding hydrogens is 92.8 g/mol. The molecule has 0 aromatic rings. The van der Waals surface area contributed by atoms with Gasteiger partial charge in [-0.05, 0) is 5.82 Å². The molecule has 0 saturated heterocycles. The van der Waals surface area contributed by atoms with E-state index in [4.69, 9.17) is 10.0 Å². The molecule has 0 atom stereocenters. The normalized spacial score (nSPS) is 18.0. The summed E-state index contributed by atoms with van der Waals surface area (Å²) in [5.74, 6) is 0.213. The summed E-state index contributed by atoms with van der Waals surface area (Å²) in [6.07, 6.45) is 2.00. The van der Waals surface area contributed by atoms with Crippen LogP contribution in [0, 0.1) is 0 Å². The van der Waals surface area contributed by atoms with Gasteiger partial charge in [0.05, 0.1) is 0 Å². The minimum Gasteiger partial charge on any atom is -0.427 e. The lowest BCUT2D eigenvalue weighted by Gasteiger charge is -1.84. The highest BCUT2D eigenvalue weighted by Gasteiger charge is 2.33. The smallest absolute Gasteiger partial charge is 0.427 e. The maximum Gasteiger partial charge on any atom is 0.454 e. The van der Waals surface area contributed by atoms with Gasteiger partial charge >= 0.3 is 7.12 Å². The third-order valence-corrected chi connectivity index (χ3v) is 1.04. The summed E-state index contributed by atoms with van der Waals surface area (Å²) in [4.78, 5) is 0. The van der Waals surface area contributed by atoms with E-state index >= 15 is 0 Å². The Bertz CT molecular complexity index is 54.9. The lowest BCUT2D eigenvalue weighted by molar-refractivity contribution is 0.403. The molecule has 0 heterocycles. The Balaban J connectivity index is 0.000000360. The van der Waals surface area contributed by atoms with Gasteiger partial charge < -0.3 is 16.2 Å². The predicted octanol–water partition coefficient (Wildman–Crippen LogP) is -0.215. The molecule has 1 rings (SSSR count). The summed E-state index contributed by atoms with van der Waals surface area (Å²) < 4.78 is 0. The van der Waals surface area contributed by atoms with Gasteiger partial charge in [0.15, 0.2) is 0 Å². The Labute approximate surface area is 43.1 Å². The largest absolute Gasteiger partial charge is 0.454 e. The van der Waals surface area contributed by atoms with E-state index in [9.17, 15) is 0 Å². The third-order valence-electron chi connectivity index (χ3n) is 1.04. The standard InChI is InChI=1S/C3H7BO2.H3N/c5-4(6)3-1-2-3;/h3,5-6H,1-2H2;1H3. The summed E-state index contributed by atoms with van der Waals surface area (Å²) in [5.41, 5.74) is 0. The van der Waals surface area contributed by atoms with Crippen molar-refractivity contribution < 1.29 is 10.0 Å². The zero-order valence-electron chi connectivity index (χ0n) is 4.17. The molecule has 0 spiro atoms. The van der Waals surface area contributed by atoms with E-state index in [0.29, 0.717) is 0 Å². The molecule has 1 aliphatic carbocycles. The first-order valence-electron chi connectivity index (χ1n) is 2.17. The van der Waals surface area contributed by atoms with Gasteiger partial charge in [0, 0.05) is 0 Å². The van der Waals surface area contributed by atoms with Gasteiger partial charge in [0.1, 0.15) is 0 Å². The fourth-order valence-electron chi connectivity index (χ4n) is 0.394. The minimum atomic E-state index is -1.04. The van der Waals surface area contributed by atoms with E-state index in [0.717, 1.165) is 12.8 Å². The van der Waals surface area contributed by atoms with E-state index < -0.39 is 7.12 Å². The van der Waals surface area contributed by atoms with Crippen LogP contribution in [0.1, 0.15) is 12.8 Å². The van der Waals surface area contributed by atoms with Gasteiger partial charge in [0.2, 0.25) is 0 Å². The molecule has 0 bridgehead atoms. The van der Waals surface area contributed by atoms with Crippen LogP contribution < -0.4 is 6.15 Å². The van der Waals surface area contributed by atoms with Gasteiger partial charge in [-0.15, -0.1) is 0 Å². The number of rotatable bonds is 1. The highest BCUT2D eigenvalue weighted by atomic mass is 16.4. The molecule has 1 fully saturated rings. The summed E-state index contributed by atoms with van der Waals surface area (Å²) in [6.45, 7) is 0. The number of hydrogen-bond donors (Lipinski definition) is 3. The lowest BCUT2D eigenvalue weighted by Crippen LogP contribution is -2.09. The van der Waals surface area contributed by atoms with Crippen molar-refractivity contribution in [2.75, 3.05) is 0 Å². The molecule has 4 heteroatoms. The maximum absolute atomic E-state index is 8.25. The molecule has 0 aromatic heterocycles. The van der Waals surface area contributed by atoms with Crippen LogP contribution in [0.2, 0.25) is 5.82 Å². The van der Waals surface area contributed by atoms with E-state index in [-0.39, 0.29) is 12.0 Å². The van der Waals surface area contributed by atoms with Crippen molar-refractivity contribution in [3.63, 3.8) is 0 Å². The van der Waals surface area contributed by atoms with Crippen molar-refractivity contribution in [3.8, 4) is 0 Å². The average Bonchev–Trinajstić information content (AvgIpc) is 2.06. The molecule has 0 unspecified atom stereocenters. The second-order valence-corrected chi connectivity index (χ2v) is 1.75. The summed E-state index contributed by atoms with van der Waals surface area (Å²) in [7, 11) is -1.04. The van der Waals surface area contributed by atoms with E-state index in [2.05, 4.69) is 0 Å². The summed E-state index contributed by atoms with van der Waals surface area (Å²) >= 11 is 0. The Morgan fingerprint density at radius 1 is 1.29 bits per heavy atom. The molecule has 7 heavy (non-hydrogen) atoms. The van der Waals surface area contributed by atoms with Crippen molar-refractivity contribution >= 4 is 7.12 Å². The first kappa shape index (κ1) is 6.94. The highest BCUT2D eigenvalue weighted by Crippen LogP contribution is 2.36. The van der Waals surface area contributed by atoms with Crippen LogP contribution >= 0.6 is 0 Å². The first-order valence-corrected chi connectivity index (χ1v) is 2.17. The molecule has 1 aliphatic rings. The Morgan fingerprint density at radius 3 is 1.71 bits per heavy atom. The lowest BCUT2D eigenvalue weighted by atomic mass is 9.84. The molecule has 0 aromatic carbocycles. The van der Waals surface area contributed by atoms with Crippen molar-refractivity contribution in [1.29, 1.82) is 0 Å². The van der Waals surface area contributed by atoms with Crippen LogP contribution in [-0.4, -0.2) is 17.2 Å². The first-order chi connectivity index (χ1) is 2.80. The van der Waals surface area contributed by atoms with Gasteiger partial charge in [-0.1, -0.05) is 12.8 Å².